The van der Waals surface area contributed by atoms with E-state index >= 15 is 0 Å². The molecule has 1 aromatic heterocycles. The van der Waals surface area contributed by atoms with Crippen LogP contribution in [0.25, 0.3) is 44.1 Å². The second-order valence-electron chi connectivity index (χ2n) is 8.95. The molecular weight excluding hydrogens is 369 g/mol. The number of aromatic nitrogens is 1. The Kier molecular flexibility index (Phi) is 4.25. The van der Waals surface area contributed by atoms with Gasteiger partial charge in [0.2, 0.25) is 0 Å². The van der Waals surface area contributed by atoms with E-state index in [9.17, 15) is 4.39 Å². The molecule has 5 rings (SSSR count). The molecule has 0 aliphatic carbocycles. The molecule has 0 bridgehead atoms. The van der Waals surface area contributed by atoms with Crippen molar-refractivity contribution in [2.45, 2.75) is 26.2 Å². The minimum absolute atomic E-state index is 0.124. The van der Waals surface area contributed by atoms with E-state index < -0.39 is 0 Å². The van der Waals surface area contributed by atoms with Crippen LogP contribution in [0.5, 0.6) is 0 Å². The lowest BCUT2D eigenvalue weighted by Crippen LogP contribution is -2.10. The molecule has 0 spiro atoms. The van der Waals surface area contributed by atoms with Gasteiger partial charge in [-0.25, -0.2) is 4.39 Å². The Hall–Kier alpha value is -3.39. The predicted molar refractivity (Wildman–Crippen MR) is 125 cm³/mol. The maximum atomic E-state index is 13.6. The number of para-hydroxylation sites is 1. The second-order valence-corrected chi connectivity index (χ2v) is 8.95. The lowest BCUT2D eigenvalue weighted by atomic mass is 9.86. The third-order valence-corrected chi connectivity index (χ3v) is 5.84. The first-order valence-electron chi connectivity index (χ1n) is 10.3. The topological polar surface area (TPSA) is 15.8 Å². The molecule has 0 fully saturated rings. The summed E-state index contributed by atoms with van der Waals surface area (Å²) in [4.78, 5) is 3.57. The van der Waals surface area contributed by atoms with Gasteiger partial charge in [0.05, 0.1) is 0 Å². The minimum Gasteiger partial charge on any atom is -0.354 e. The summed E-state index contributed by atoms with van der Waals surface area (Å²) in [7, 11) is 0. The molecule has 0 amide bonds. The molecule has 30 heavy (non-hydrogen) atoms. The van der Waals surface area contributed by atoms with Crippen LogP contribution in [0.3, 0.4) is 0 Å². The lowest BCUT2D eigenvalue weighted by molar-refractivity contribution is 0.590. The predicted octanol–water partition coefficient (Wildman–Crippen LogP) is 8.09. The van der Waals surface area contributed by atoms with Crippen molar-refractivity contribution >= 4 is 21.8 Å². The molecule has 1 nitrogen and oxygen atoms in total. The van der Waals surface area contributed by atoms with Gasteiger partial charge in [-0.15, -0.1) is 0 Å². The van der Waals surface area contributed by atoms with E-state index in [4.69, 9.17) is 0 Å². The van der Waals surface area contributed by atoms with Gasteiger partial charge in [0.1, 0.15) is 5.82 Å². The summed E-state index contributed by atoms with van der Waals surface area (Å²) >= 11 is 0. The zero-order valence-corrected chi connectivity index (χ0v) is 17.5. The van der Waals surface area contributed by atoms with Gasteiger partial charge in [-0.05, 0) is 63.6 Å². The summed E-state index contributed by atoms with van der Waals surface area (Å²) in [6, 6.07) is 28.4. The van der Waals surface area contributed by atoms with Crippen LogP contribution < -0.4 is 0 Å². The summed E-state index contributed by atoms with van der Waals surface area (Å²) in [6.45, 7) is 6.68. The number of benzene rings is 4. The van der Waals surface area contributed by atoms with Crippen molar-refractivity contribution in [2.75, 3.05) is 0 Å². The molecule has 0 radical (unpaired) electrons. The number of fused-ring (bicyclic) bond motifs is 3. The van der Waals surface area contributed by atoms with Gasteiger partial charge in [0.25, 0.3) is 0 Å². The molecule has 2 heteroatoms. The first kappa shape index (κ1) is 18.6. The van der Waals surface area contributed by atoms with Crippen molar-refractivity contribution in [1.29, 1.82) is 0 Å². The Morgan fingerprint density at radius 2 is 1.33 bits per heavy atom. The summed E-state index contributed by atoms with van der Waals surface area (Å²) in [6.07, 6.45) is 0. The normalized spacial score (nSPS) is 12.0. The van der Waals surface area contributed by atoms with Crippen LogP contribution in [0.2, 0.25) is 0 Å². The summed E-state index contributed by atoms with van der Waals surface area (Å²) in [5, 5.41) is 2.36. The van der Waals surface area contributed by atoms with Crippen LogP contribution in [0.15, 0.2) is 84.9 Å². The number of halogens is 1. The minimum atomic E-state index is -0.220. The third kappa shape index (κ3) is 3.19. The fourth-order valence-corrected chi connectivity index (χ4v) is 4.17. The monoisotopic (exact) mass is 393 g/mol. The third-order valence-electron chi connectivity index (χ3n) is 5.84. The van der Waals surface area contributed by atoms with Crippen molar-refractivity contribution in [3.8, 4) is 22.3 Å². The lowest BCUT2D eigenvalue weighted by Gasteiger charge is -2.19. The van der Waals surface area contributed by atoms with E-state index in [-0.39, 0.29) is 11.2 Å². The molecule has 1 N–H and O–H groups in total. The number of H-pyrrole nitrogens is 1. The van der Waals surface area contributed by atoms with Crippen LogP contribution in [0.1, 0.15) is 26.3 Å². The molecule has 4 aromatic carbocycles. The Labute approximate surface area is 176 Å². The van der Waals surface area contributed by atoms with Crippen molar-refractivity contribution in [3.63, 3.8) is 0 Å². The molecule has 0 aliphatic rings. The fourth-order valence-electron chi connectivity index (χ4n) is 4.17. The largest absolute Gasteiger partial charge is 0.354 e. The average molecular weight is 394 g/mol. The molecule has 0 aliphatic heterocycles. The number of rotatable bonds is 2. The number of hydrogen-bond donors (Lipinski definition) is 1. The van der Waals surface area contributed by atoms with Crippen LogP contribution in [-0.4, -0.2) is 4.98 Å². The van der Waals surface area contributed by atoms with Gasteiger partial charge >= 0.3 is 0 Å². The van der Waals surface area contributed by atoms with Crippen molar-refractivity contribution < 1.29 is 4.39 Å². The van der Waals surface area contributed by atoms with Gasteiger partial charge in [0, 0.05) is 21.8 Å². The molecule has 148 valence electrons. The zero-order chi connectivity index (χ0) is 20.9. The summed E-state index contributed by atoms with van der Waals surface area (Å²) in [5.41, 5.74) is 8.08. The SMILES string of the molecule is CC(C)(C)c1ccc(-c2cc(-c3ccc(F)cc3)c3c(c2)[nH]c2ccccc23)cc1. The summed E-state index contributed by atoms with van der Waals surface area (Å²) < 4.78 is 13.6. The highest BCUT2D eigenvalue weighted by Gasteiger charge is 2.15. The first-order chi connectivity index (χ1) is 14.4. The van der Waals surface area contributed by atoms with Crippen molar-refractivity contribution in [2.24, 2.45) is 0 Å². The molecule has 5 aromatic rings. The smallest absolute Gasteiger partial charge is 0.123 e. The maximum absolute atomic E-state index is 13.6. The zero-order valence-electron chi connectivity index (χ0n) is 17.5. The molecule has 0 unspecified atom stereocenters. The highest BCUT2D eigenvalue weighted by Crippen LogP contribution is 2.38. The summed E-state index contributed by atoms with van der Waals surface area (Å²) in [5.74, 6) is -0.220. The van der Waals surface area contributed by atoms with Gasteiger partial charge in [-0.3, -0.25) is 0 Å². The Morgan fingerprint density at radius 1 is 0.667 bits per heavy atom. The molecule has 0 saturated heterocycles. The average Bonchev–Trinajstić information content (AvgIpc) is 3.12. The van der Waals surface area contributed by atoms with Crippen LogP contribution >= 0.6 is 0 Å². The molecule has 1 heterocycles. The Morgan fingerprint density at radius 3 is 2.03 bits per heavy atom. The Bertz CT molecular complexity index is 1350. The Balaban J connectivity index is 1.76. The van der Waals surface area contributed by atoms with Crippen LogP contribution in [0.4, 0.5) is 4.39 Å². The maximum Gasteiger partial charge on any atom is 0.123 e. The van der Waals surface area contributed by atoms with Gasteiger partial charge in [-0.2, -0.15) is 0 Å². The molecule has 0 saturated carbocycles. The number of aromatic amines is 1. The quantitative estimate of drug-likeness (QED) is 0.312. The van der Waals surface area contributed by atoms with Crippen LogP contribution in [0, 0.1) is 5.82 Å². The highest BCUT2D eigenvalue weighted by atomic mass is 19.1. The van der Waals surface area contributed by atoms with E-state index in [1.54, 1.807) is 0 Å². The highest BCUT2D eigenvalue weighted by molar-refractivity contribution is 6.15. The van der Waals surface area contributed by atoms with E-state index in [0.29, 0.717) is 0 Å². The van der Waals surface area contributed by atoms with Crippen molar-refractivity contribution in [3.05, 3.63) is 96.3 Å². The van der Waals surface area contributed by atoms with E-state index in [1.807, 2.05) is 18.2 Å². The number of nitrogens with one attached hydrogen (secondary N) is 1. The van der Waals surface area contributed by atoms with Gasteiger partial charge in [0.15, 0.2) is 0 Å². The van der Waals surface area contributed by atoms with E-state index in [0.717, 1.165) is 27.7 Å². The van der Waals surface area contributed by atoms with Crippen LogP contribution in [-0.2, 0) is 5.41 Å². The first-order valence-corrected chi connectivity index (χ1v) is 10.3. The second kappa shape index (κ2) is 6.84. The standard InChI is InChI=1S/C28H24FN/c1-28(2,3)21-12-8-18(9-13-21)20-16-24(19-10-14-22(29)15-11-19)27-23-6-4-5-7-25(23)30-26(27)17-20/h4-17,30H,1-3H3. The molecule has 0 atom stereocenters. The van der Waals surface area contributed by atoms with E-state index in [2.05, 4.69) is 80.4 Å². The van der Waals surface area contributed by atoms with Gasteiger partial charge < -0.3 is 4.98 Å². The number of hydrogen-bond acceptors (Lipinski definition) is 0. The molecular formula is C28H24FN. The van der Waals surface area contributed by atoms with Gasteiger partial charge in [-0.1, -0.05) is 75.4 Å². The fraction of sp³-hybridized carbons (Fsp3) is 0.143. The van der Waals surface area contributed by atoms with E-state index in [1.165, 1.54) is 34.0 Å². The van der Waals surface area contributed by atoms with Crippen molar-refractivity contribution in [1.82, 2.24) is 4.98 Å².